The number of benzene rings is 3. The third-order valence-electron chi connectivity index (χ3n) is 5.80. The molecule has 0 saturated carbocycles. The van der Waals surface area contributed by atoms with Crippen molar-refractivity contribution in [3.63, 3.8) is 0 Å². The zero-order chi connectivity index (χ0) is 23.9. The van der Waals surface area contributed by atoms with Gasteiger partial charge in [-0.3, -0.25) is 9.69 Å². The van der Waals surface area contributed by atoms with Crippen molar-refractivity contribution in [2.24, 2.45) is 0 Å². The van der Waals surface area contributed by atoms with Gasteiger partial charge in [-0.15, -0.1) is 0 Å². The van der Waals surface area contributed by atoms with E-state index in [9.17, 15) is 9.59 Å². The highest BCUT2D eigenvalue weighted by Crippen LogP contribution is 2.34. The second-order valence-electron chi connectivity index (χ2n) is 8.15. The number of hydrogen-bond acceptors (Lipinski definition) is 4. The average molecular weight is 460 g/mol. The van der Waals surface area contributed by atoms with Crippen LogP contribution in [0.4, 0.5) is 16.2 Å². The lowest BCUT2D eigenvalue weighted by Gasteiger charge is -2.36. The molecule has 3 aromatic carbocycles. The van der Waals surface area contributed by atoms with Gasteiger partial charge in [0.25, 0.3) is 0 Å². The molecule has 7 nitrogen and oxygen atoms in total. The molecule has 0 unspecified atom stereocenters. The summed E-state index contributed by atoms with van der Waals surface area (Å²) in [5, 5.41) is 2.94. The molecule has 1 aliphatic heterocycles. The molecule has 3 aromatic rings. The molecule has 3 amide bonds. The molecule has 1 N–H and O–H groups in total. The first-order valence-electron chi connectivity index (χ1n) is 11.3. The number of carbonyl (C=O) groups is 2. The lowest BCUT2D eigenvalue weighted by Crippen LogP contribution is -2.49. The number of rotatable bonds is 8. The summed E-state index contributed by atoms with van der Waals surface area (Å²) in [5.74, 6) is 1.25. The Morgan fingerprint density at radius 1 is 0.912 bits per heavy atom. The largest absolute Gasteiger partial charge is 0.497 e. The van der Waals surface area contributed by atoms with Gasteiger partial charge in [0.2, 0.25) is 5.91 Å². The van der Waals surface area contributed by atoms with Crippen LogP contribution in [-0.4, -0.2) is 44.1 Å². The summed E-state index contributed by atoms with van der Waals surface area (Å²) in [6, 6.07) is 22.6. The van der Waals surface area contributed by atoms with E-state index in [2.05, 4.69) is 5.32 Å². The van der Waals surface area contributed by atoms with Crippen LogP contribution < -0.4 is 19.7 Å². The monoisotopic (exact) mass is 459 g/mol. The topological polar surface area (TPSA) is 71.1 Å². The van der Waals surface area contributed by atoms with Crippen molar-refractivity contribution in [2.75, 3.05) is 37.5 Å². The molecule has 176 valence electrons. The fourth-order valence-corrected chi connectivity index (χ4v) is 4.07. The van der Waals surface area contributed by atoms with Crippen molar-refractivity contribution in [1.29, 1.82) is 0 Å². The third-order valence-corrected chi connectivity index (χ3v) is 5.80. The summed E-state index contributed by atoms with van der Waals surface area (Å²) in [6.07, 6.45) is 1.11. The Labute approximate surface area is 199 Å². The molecule has 0 spiro atoms. The molecular weight excluding hydrogens is 430 g/mol. The maximum absolute atomic E-state index is 13.4. The highest BCUT2D eigenvalue weighted by atomic mass is 16.5. The minimum Gasteiger partial charge on any atom is -0.497 e. The molecule has 7 heteroatoms. The fourth-order valence-electron chi connectivity index (χ4n) is 4.07. The Kier molecular flexibility index (Phi) is 7.32. The number of anilines is 2. The zero-order valence-electron chi connectivity index (χ0n) is 19.5. The molecule has 0 radical (unpaired) electrons. The lowest BCUT2D eigenvalue weighted by atomic mass is 10.1. The van der Waals surface area contributed by atoms with Gasteiger partial charge >= 0.3 is 6.03 Å². The van der Waals surface area contributed by atoms with E-state index in [1.165, 1.54) is 0 Å². The van der Waals surface area contributed by atoms with Crippen LogP contribution in [0.5, 0.6) is 11.5 Å². The minimum absolute atomic E-state index is 0.0897. The average Bonchev–Trinajstić information content (AvgIpc) is 2.86. The Bertz CT molecular complexity index is 1130. The van der Waals surface area contributed by atoms with Crippen LogP contribution >= 0.6 is 0 Å². The number of urea groups is 1. The normalized spacial score (nSPS) is 13.5. The molecule has 1 fully saturated rings. The first-order chi connectivity index (χ1) is 16.6. The van der Waals surface area contributed by atoms with Gasteiger partial charge in [-0.25, -0.2) is 4.79 Å². The Balaban J connectivity index is 1.49. The van der Waals surface area contributed by atoms with Gasteiger partial charge in [-0.2, -0.15) is 0 Å². The second-order valence-corrected chi connectivity index (χ2v) is 8.15. The highest BCUT2D eigenvalue weighted by Gasteiger charge is 2.29. The quantitative estimate of drug-likeness (QED) is 0.529. The van der Waals surface area contributed by atoms with Gasteiger partial charge in [0.1, 0.15) is 11.5 Å². The van der Waals surface area contributed by atoms with Gasteiger partial charge in [-0.05, 0) is 47.9 Å². The summed E-state index contributed by atoms with van der Waals surface area (Å²) in [5.41, 5.74) is 3.24. The van der Waals surface area contributed by atoms with E-state index in [0.717, 1.165) is 23.3 Å². The Morgan fingerprint density at radius 3 is 2.38 bits per heavy atom. The smallest absolute Gasteiger partial charge is 0.324 e. The van der Waals surface area contributed by atoms with Crippen LogP contribution in [0.25, 0.3) is 0 Å². The van der Waals surface area contributed by atoms with E-state index in [1.54, 1.807) is 37.3 Å². The number of nitrogens with one attached hydrogen (secondary N) is 1. The summed E-state index contributed by atoms with van der Waals surface area (Å²) in [6.45, 7) is 1.77. The fraction of sp³-hybridized carbons (Fsp3) is 0.259. The van der Waals surface area contributed by atoms with Crippen molar-refractivity contribution in [3.8, 4) is 11.5 Å². The van der Waals surface area contributed by atoms with Gasteiger partial charge in [0.05, 0.1) is 26.3 Å². The number of methoxy groups -OCH3 is 2. The number of amides is 3. The van der Waals surface area contributed by atoms with Crippen LogP contribution in [0.15, 0.2) is 72.8 Å². The molecular formula is C27H29N3O4. The second kappa shape index (κ2) is 10.7. The van der Waals surface area contributed by atoms with Crippen LogP contribution in [-0.2, 0) is 17.8 Å². The summed E-state index contributed by atoms with van der Waals surface area (Å²) < 4.78 is 10.8. The number of ether oxygens (including phenoxy) is 2. The van der Waals surface area contributed by atoms with Crippen molar-refractivity contribution < 1.29 is 19.1 Å². The molecule has 4 rings (SSSR count). The molecule has 1 heterocycles. The molecule has 0 bridgehead atoms. The predicted octanol–water partition coefficient (Wildman–Crippen LogP) is 4.72. The molecule has 0 aliphatic carbocycles. The Morgan fingerprint density at radius 2 is 1.68 bits per heavy atom. The number of nitrogens with zero attached hydrogens (tertiary/aromatic N) is 2. The van der Waals surface area contributed by atoms with E-state index in [0.29, 0.717) is 36.8 Å². The molecule has 1 aliphatic rings. The van der Waals surface area contributed by atoms with Gasteiger partial charge in [0.15, 0.2) is 0 Å². The van der Waals surface area contributed by atoms with Gasteiger partial charge in [0, 0.05) is 25.3 Å². The van der Waals surface area contributed by atoms with Crippen LogP contribution in [0.1, 0.15) is 17.5 Å². The molecule has 0 aromatic heterocycles. The Hall–Kier alpha value is -4.00. The maximum Gasteiger partial charge on any atom is 0.324 e. The summed E-state index contributed by atoms with van der Waals surface area (Å²) in [4.78, 5) is 29.5. The SMILES string of the molecule is COc1ccc(CN2CCCN(c3cc(NC(=O)Cc4ccccc4)ccc3OC)C2=O)cc1. The van der Waals surface area contributed by atoms with E-state index >= 15 is 0 Å². The van der Waals surface area contributed by atoms with E-state index in [1.807, 2.05) is 59.5 Å². The standard InChI is InChI=1S/C27H29N3O4/c1-33-23-12-9-21(10-13-23)19-29-15-6-16-30(27(29)32)24-18-22(11-14-25(24)34-2)28-26(31)17-20-7-4-3-5-8-20/h3-5,7-14,18H,6,15-17,19H2,1-2H3,(H,28,31). The van der Waals surface area contributed by atoms with Gasteiger partial charge < -0.3 is 19.7 Å². The van der Waals surface area contributed by atoms with Crippen molar-refractivity contribution in [2.45, 2.75) is 19.4 Å². The van der Waals surface area contributed by atoms with Gasteiger partial charge in [-0.1, -0.05) is 42.5 Å². The van der Waals surface area contributed by atoms with E-state index < -0.39 is 0 Å². The third kappa shape index (κ3) is 5.49. The molecule has 34 heavy (non-hydrogen) atoms. The first kappa shape index (κ1) is 23.2. The summed E-state index contributed by atoms with van der Waals surface area (Å²) >= 11 is 0. The predicted molar refractivity (Wildman–Crippen MR) is 133 cm³/mol. The maximum atomic E-state index is 13.4. The molecule has 1 saturated heterocycles. The lowest BCUT2D eigenvalue weighted by molar-refractivity contribution is -0.115. The van der Waals surface area contributed by atoms with Crippen LogP contribution in [0.3, 0.4) is 0 Å². The number of carbonyl (C=O) groups excluding carboxylic acids is 2. The molecule has 0 atom stereocenters. The van der Waals surface area contributed by atoms with Crippen molar-refractivity contribution in [1.82, 2.24) is 4.90 Å². The minimum atomic E-state index is -0.117. The first-order valence-corrected chi connectivity index (χ1v) is 11.3. The summed E-state index contributed by atoms with van der Waals surface area (Å²) in [7, 11) is 3.21. The van der Waals surface area contributed by atoms with E-state index in [-0.39, 0.29) is 18.4 Å². The van der Waals surface area contributed by atoms with E-state index in [4.69, 9.17) is 9.47 Å². The van der Waals surface area contributed by atoms with Crippen molar-refractivity contribution in [3.05, 3.63) is 83.9 Å². The zero-order valence-corrected chi connectivity index (χ0v) is 19.5. The number of hydrogen-bond donors (Lipinski definition) is 1. The van der Waals surface area contributed by atoms with Crippen LogP contribution in [0, 0.1) is 0 Å². The highest BCUT2D eigenvalue weighted by molar-refractivity contribution is 5.97. The van der Waals surface area contributed by atoms with Crippen LogP contribution in [0.2, 0.25) is 0 Å². The van der Waals surface area contributed by atoms with Crippen molar-refractivity contribution >= 4 is 23.3 Å².